The van der Waals surface area contributed by atoms with Crippen LogP contribution in [0.5, 0.6) is 0 Å². The zero-order valence-electron chi connectivity index (χ0n) is 8.08. The molecule has 1 atom stereocenters. The molecule has 1 rings (SSSR count). The Hall–Kier alpha value is -1.42. The van der Waals surface area contributed by atoms with E-state index in [4.69, 9.17) is 5.73 Å². The van der Waals surface area contributed by atoms with Gasteiger partial charge in [-0.1, -0.05) is 12.1 Å². The fourth-order valence-corrected chi connectivity index (χ4v) is 1.12. The fourth-order valence-electron chi connectivity index (χ4n) is 1.12. The molecule has 0 radical (unpaired) electrons. The Labute approximate surface area is 81.7 Å². The average molecular weight is 197 g/mol. The van der Waals surface area contributed by atoms with Crippen LogP contribution in [0.4, 0.5) is 4.39 Å². The number of aryl methyl sites for hydroxylation is 1. The van der Waals surface area contributed by atoms with Crippen LogP contribution in [-0.2, 0) is 9.53 Å². The first-order chi connectivity index (χ1) is 6.56. The van der Waals surface area contributed by atoms with E-state index < -0.39 is 12.0 Å². The molecule has 1 aromatic rings. The number of methoxy groups -OCH3 is 1. The first kappa shape index (κ1) is 10.7. The largest absolute Gasteiger partial charge is 0.468 e. The monoisotopic (exact) mass is 197 g/mol. The van der Waals surface area contributed by atoms with Gasteiger partial charge in [0.05, 0.1) is 7.11 Å². The van der Waals surface area contributed by atoms with Crippen molar-refractivity contribution in [3.8, 4) is 0 Å². The minimum absolute atomic E-state index is 0.314. The van der Waals surface area contributed by atoms with Crippen molar-refractivity contribution in [3.05, 3.63) is 35.1 Å². The normalized spacial score (nSPS) is 12.3. The summed E-state index contributed by atoms with van der Waals surface area (Å²) < 4.78 is 17.4. The molecule has 1 aromatic carbocycles. The zero-order valence-corrected chi connectivity index (χ0v) is 8.08. The number of halogens is 1. The first-order valence-electron chi connectivity index (χ1n) is 4.15. The summed E-state index contributed by atoms with van der Waals surface area (Å²) in [4.78, 5) is 11.1. The number of hydrogen-bond donors (Lipinski definition) is 1. The van der Waals surface area contributed by atoms with E-state index in [1.807, 2.05) is 0 Å². The summed E-state index contributed by atoms with van der Waals surface area (Å²) in [6.45, 7) is 1.61. The Balaban J connectivity index is 2.96. The predicted octanol–water partition coefficient (Wildman–Crippen LogP) is 1.31. The highest BCUT2D eigenvalue weighted by Crippen LogP contribution is 2.15. The number of rotatable bonds is 2. The van der Waals surface area contributed by atoms with Crippen molar-refractivity contribution < 1.29 is 13.9 Å². The zero-order chi connectivity index (χ0) is 10.7. The van der Waals surface area contributed by atoms with Gasteiger partial charge in [-0.2, -0.15) is 0 Å². The Morgan fingerprint density at radius 3 is 2.71 bits per heavy atom. The van der Waals surface area contributed by atoms with Gasteiger partial charge >= 0.3 is 5.97 Å². The van der Waals surface area contributed by atoms with Gasteiger partial charge in [0.2, 0.25) is 0 Å². The van der Waals surface area contributed by atoms with Gasteiger partial charge in [-0.25, -0.2) is 4.39 Å². The van der Waals surface area contributed by atoms with E-state index in [9.17, 15) is 9.18 Å². The van der Waals surface area contributed by atoms with Crippen LogP contribution in [0, 0.1) is 12.7 Å². The second kappa shape index (κ2) is 4.19. The summed E-state index contributed by atoms with van der Waals surface area (Å²) in [6, 6.07) is 3.45. The van der Waals surface area contributed by atoms with Gasteiger partial charge in [0.15, 0.2) is 0 Å². The van der Waals surface area contributed by atoms with E-state index in [0.717, 1.165) is 0 Å². The number of esters is 1. The molecule has 0 aliphatic rings. The summed E-state index contributed by atoms with van der Waals surface area (Å²) in [7, 11) is 1.26. The molecule has 2 N–H and O–H groups in total. The second-order valence-electron chi connectivity index (χ2n) is 3.01. The maximum absolute atomic E-state index is 12.9. The van der Waals surface area contributed by atoms with Crippen LogP contribution in [0.1, 0.15) is 17.2 Å². The van der Waals surface area contributed by atoms with E-state index in [1.54, 1.807) is 6.92 Å². The highest BCUT2D eigenvalue weighted by molar-refractivity contribution is 5.77. The van der Waals surface area contributed by atoms with Gasteiger partial charge in [0.1, 0.15) is 11.9 Å². The molecule has 0 heterocycles. The van der Waals surface area contributed by atoms with E-state index in [-0.39, 0.29) is 5.82 Å². The highest BCUT2D eigenvalue weighted by atomic mass is 19.1. The SMILES string of the molecule is COC(=O)[C@H](N)c1ccc(F)c(C)c1. The first-order valence-corrected chi connectivity index (χ1v) is 4.15. The Kier molecular flexibility index (Phi) is 3.19. The van der Waals surface area contributed by atoms with Crippen molar-refractivity contribution in [2.75, 3.05) is 7.11 Å². The van der Waals surface area contributed by atoms with Crippen molar-refractivity contribution in [1.29, 1.82) is 0 Å². The molecular formula is C10H12FNO2. The molecule has 3 nitrogen and oxygen atoms in total. The van der Waals surface area contributed by atoms with Crippen LogP contribution in [0.3, 0.4) is 0 Å². The summed E-state index contributed by atoms with van der Waals surface area (Å²) in [5, 5.41) is 0. The lowest BCUT2D eigenvalue weighted by Crippen LogP contribution is -2.22. The molecule has 0 aliphatic heterocycles. The molecule has 0 unspecified atom stereocenters. The van der Waals surface area contributed by atoms with E-state index >= 15 is 0 Å². The molecule has 14 heavy (non-hydrogen) atoms. The van der Waals surface area contributed by atoms with Crippen LogP contribution in [-0.4, -0.2) is 13.1 Å². The van der Waals surface area contributed by atoms with Gasteiger partial charge in [0.25, 0.3) is 0 Å². The Morgan fingerprint density at radius 2 is 2.21 bits per heavy atom. The molecule has 0 aliphatic carbocycles. The van der Waals surface area contributed by atoms with Crippen LogP contribution in [0.25, 0.3) is 0 Å². The van der Waals surface area contributed by atoms with Crippen LogP contribution < -0.4 is 5.73 Å². The Bertz CT molecular complexity index is 352. The standard InChI is InChI=1S/C10H12FNO2/c1-6-5-7(3-4-8(6)11)9(12)10(13)14-2/h3-5,9H,12H2,1-2H3/t9-/m1/s1. The van der Waals surface area contributed by atoms with Crippen molar-refractivity contribution in [3.63, 3.8) is 0 Å². The molecule has 0 amide bonds. The number of carbonyl (C=O) groups is 1. The number of ether oxygens (including phenoxy) is 1. The third kappa shape index (κ3) is 2.09. The molecular weight excluding hydrogens is 185 g/mol. The lowest BCUT2D eigenvalue weighted by atomic mass is 10.1. The molecule has 76 valence electrons. The van der Waals surface area contributed by atoms with Gasteiger partial charge in [-0.3, -0.25) is 4.79 Å². The second-order valence-corrected chi connectivity index (χ2v) is 3.01. The molecule has 0 saturated carbocycles. The van der Waals surface area contributed by atoms with Gasteiger partial charge < -0.3 is 10.5 Å². The summed E-state index contributed by atoms with van der Waals surface area (Å²) >= 11 is 0. The molecule has 0 saturated heterocycles. The third-order valence-electron chi connectivity index (χ3n) is 2.00. The molecule has 0 fully saturated rings. The third-order valence-corrected chi connectivity index (χ3v) is 2.00. The van der Waals surface area contributed by atoms with Crippen molar-refractivity contribution in [1.82, 2.24) is 0 Å². The number of benzene rings is 1. The summed E-state index contributed by atoms with van der Waals surface area (Å²) in [5.74, 6) is -0.846. The number of carbonyl (C=O) groups excluding carboxylic acids is 1. The smallest absolute Gasteiger partial charge is 0.327 e. The topological polar surface area (TPSA) is 52.3 Å². The van der Waals surface area contributed by atoms with Crippen LogP contribution >= 0.6 is 0 Å². The van der Waals surface area contributed by atoms with Gasteiger partial charge in [-0.05, 0) is 24.1 Å². The van der Waals surface area contributed by atoms with Gasteiger partial charge in [-0.15, -0.1) is 0 Å². The quantitative estimate of drug-likeness (QED) is 0.727. The summed E-state index contributed by atoms with van der Waals surface area (Å²) in [5.41, 5.74) is 6.58. The maximum Gasteiger partial charge on any atom is 0.327 e. The lowest BCUT2D eigenvalue weighted by molar-refractivity contribution is -0.142. The lowest BCUT2D eigenvalue weighted by Gasteiger charge is -2.10. The number of nitrogens with two attached hydrogens (primary N) is 1. The molecule has 4 heteroatoms. The molecule has 0 bridgehead atoms. The van der Waals surface area contributed by atoms with E-state index in [1.165, 1.54) is 25.3 Å². The fraction of sp³-hybridized carbons (Fsp3) is 0.300. The van der Waals surface area contributed by atoms with Crippen molar-refractivity contribution >= 4 is 5.97 Å². The van der Waals surface area contributed by atoms with Crippen molar-refractivity contribution in [2.45, 2.75) is 13.0 Å². The van der Waals surface area contributed by atoms with Crippen LogP contribution in [0.2, 0.25) is 0 Å². The minimum Gasteiger partial charge on any atom is -0.468 e. The average Bonchev–Trinajstić information content (AvgIpc) is 2.20. The van der Waals surface area contributed by atoms with E-state index in [0.29, 0.717) is 11.1 Å². The maximum atomic E-state index is 12.9. The minimum atomic E-state index is -0.848. The predicted molar refractivity (Wildman–Crippen MR) is 50.1 cm³/mol. The molecule has 0 aromatic heterocycles. The Morgan fingerprint density at radius 1 is 1.57 bits per heavy atom. The van der Waals surface area contributed by atoms with E-state index in [2.05, 4.69) is 4.74 Å². The van der Waals surface area contributed by atoms with Crippen molar-refractivity contribution in [2.24, 2.45) is 5.73 Å². The van der Waals surface area contributed by atoms with Crippen LogP contribution in [0.15, 0.2) is 18.2 Å². The highest BCUT2D eigenvalue weighted by Gasteiger charge is 2.16. The summed E-state index contributed by atoms with van der Waals surface area (Å²) in [6.07, 6.45) is 0. The van der Waals surface area contributed by atoms with Gasteiger partial charge in [0, 0.05) is 0 Å². The number of hydrogen-bond acceptors (Lipinski definition) is 3. The molecule has 0 spiro atoms.